The minimum absolute atomic E-state index is 0.0232. The van der Waals surface area contributed by atoms with E-state index in [1.165, 1.54) is 0 Å². The van der Waals surface area contributed by atoms with Gasteiger partial charge in [-0.05, 0) is 24.3 Å². The van der Waals surface area contributed by atoms with Crippen LogP contribution in [0.1, 0.15) is 10.4 Å². The van der Waals surface area contributed by atoms with Crippen molar-refractivity contribution in [2.75, 3.05) is 42.7 Å². The van der Waals surface area contributed by atoms with E-state index < -0.39 is 15.8 Å². The zero-order chi connectivity index (χ0) is 14.6. The highest BCUT2D eigenvalue weighted by molar-refractivity contribution is 7.91. The van der Waals surface area contributed by atoms with Crippen LogP contribution in [0.2, 0.25) is 0 Å². The first-order valence-corrected chi connectivity index (χ1v) is 8.17. The average Bonchev–Trinajstić information content (AvgIpc) is 2.45. The van der Waals surface area contributed by atoms with Crippen molar-refractivity contribution in [1.29, 1.82) is 0 Å². The van der Waals surface area contributed by atoms with Crippen molar-refractivity contribution in [2.24, 2.45) is 0 Å². The van der Waals surface area contributed by atoms with Crippen LogP contribution in [-0.4, -0.2) is 57.3 Å². The number of aliphatic hydroxyl groups is 1. The van der Waals surface area contributed by atoms with Crippen molar-refractivity contribution in [1.82, 2.24) is 0 Å². The van der Waals surface area contributed by atoms with Crippen LogP contribution in [0.25, 0.3) is 0 Å². The molecule has 0 atom stereocenters. The summed E-state index contributed by atoms with van der Waals surface area (Å²) in [7, 11) is -2.90. The van der Waals surface area contributed by atoms with Gasteiger partial charge in [0.05, 0.1) is 23.7 Å². The summed E-state index contributed by atoms with van der Waals surface area (Å²) in [5.41, 5.74) is 1.30. The molecule has 1 N–H and O–H groups in total. The zero-order valence-electron chi connectivity index (χ0n) is 11.0. The summed E-state index contributed by atoms with van der Waals surface area (Å²) in [6.45, 7) is 0.712. The molecule has 1 aromatic carbocycles. The molecule has 0 amide bonds. The number of benzene rings is 1. The van der Waals surface area contributed by atoms with E-state index in [1.807, 2.05) is 4.90 Å². The molecule has 0 bridgehead atoms. The Labute approximate surface area is 117 Å². The number of hydrogen-bond acceptors (Lipinski definition) is 6. The van der Waals surface area contributed by atoms with Crippen molar-refractivity contribution in [2.45, 2.75) is 0 Å². The van der Waals surface area contributed by atoms with E-state index in [2.05, 4.69) is 0 Å². The van der Waals surface area contributed by atoms with Gasteiger partial charge in [-0.3, -0.25) is 0 Å². The Morgan fingerprint density at radius 1 is 1.20 bits per heavy atom. The third-order valence-corrected chi connectivity index (χ3v) is 4.75. The second-order valence-corrected chi connectivity index (χ2v) is 6.85. The molecule has 20 heavy (non-hydrogen) atoms. The molecule has 0 saturated carbocycles. The number of esters is 1. The van der Waals surface area contributed by atoms with Gasteiger partial charge >= 0.3 is 5.97 Å². The summed E-state index contributed by atoms with van der Waals surface area (Å²) < 4.78 is 27.5. The number of carbonyl (C=O) groups excluding carboxylic acids is 1. The predicted octanol–water partition coefficient (Wildman–Crippen LogP) is 0.0705. The van der Waals surface area contributed by atoms with E-state index in [4.69, 9.17) is 9.84 Å². The molecule has 7 heteroatoms. The molecule has 0 aromatic heterocycles. The molecule has 1 heterocycles. The van der Waals surface area contributed by atoms with Crippen LogP contribution in [0, 0.1) is 0 Å². The first-order valence-electron chi connectivity index (χ1n) is 6.35. The van der Waals surface area contributed by atoms with Crippen LogP contribution in [0.4, 0.5) is 5.69 Å². The largest absolute Gasteiger partial charge is 0.460 e. The number of anilines is 1. The number of ether oxygens (including phenoxy) is 1. The van der Waals surface area contributed by atoms with Gasteiger partial charge < -0.3 is 14.7 Å². The van der Waals surface area contributed by atoms with Crippen LogP contribution < -0.4 is 4.90 Å². The minimum Gasteiger partial charge on any atom is -0.460 e. The Kier molecular flexibility index (Phi) is 4.61. The molecule has 0 radical (unpaired) electrons. The van der Waals surface area contributed by atoms with E-state index >= 15 is 0 Å². The highest BCUT2D eigenvalue weighted by Crippen LogP contribution is 2.18. The van der Waals surface area contributed by atoms with E-state index in [1.54, 1.807) is 24.3 Å². The maximum atomic E-state index is 11.6. The van der Waals surface area contributed by atoms with Crippen LogP contribution in [0.3, 0.4) is 0 Å². The summed E-state index contributed by atoms with van der Waals surface area (Å²) in [5.74, 6) is -0.160. The Balaban J connectivity index is 2.00. The molecule has 1 aliphatic rings. The quantitative estimate of drug-likeness (QED) is 0.792. The van der Waals surface area contributed by atoms with Crippen LogP contribution >= 0.6 is 0 Å². The first kappa shape index (κ1) is 14.8. The normalized spacial score (nSPS) is 17.8. The second kappa shape index (κ2) is 6.23. The number of aliphatic hydroxyl groups excluding tert-OH is 1. The monoisotopic (exact) mass is 299 g/mol. The molecule has 1 saturated heterocycles. The van der Waals surface area contributed by atoms with Crippen molar-refractivity contribution >= 4 is 21.5 Å². The number of sulfone groups is 1. The maximum absolute atomic E-state index is 11.6. The van der Waals surface area contributed by atoms with Crippen LogP contribution in [0.5, 0.6) is 0 Å². The van der Waals surface area contributed by atoms with Gasteiger partial charge in [0.25, 0.3) is 0 Å². The van der Waals surface area contributed by atoms with Gasteiger partial charge in [-0.1, -0.05) is 0 Å². The van der Waals surface area contributed by atoms with Gasteiger partial charge in [-0.25, -0.2) is 13.2 Å². The second-order valence-electron chi connectivity index (χ2n) is 4.55. The lowest BCUT2D eigenvalue weighted by atomic mass is 10.2. The van der Waals surface area contributed by atoms with Crippen molar-refractivity contribution in [3.8, 4) is 0 Å². The van der Waals surface area contributed by atoms with E-state index in [-0.39, 0.29) is 24.7 Å². The topological polar surface area (TPSA) is 83.9 Å². The highest BCUT2D eigenvalue weighted by atomic mass is 32.2. The van der Waals surface area contributed by atoms with Crippen LogP contribution in [0.15, 0.2) is 24.3 Å². The van der Waals surface area contributed by atoms with Crippen molar-refractivity contribution in [3.05, 3.63) is 29.8 Å². The molecular formula is C13H17NO5S. The van der Waals surface area contributed by atoms with Gasteiger partial charge in [0, 0.05) is 18.8 Å². The molecule has 2 rings (SSSR count). The summed E-state index contributed by atoms with van der Waals surface area (Å²) in [4.78, 5) is 13.5. The summed E-state index contributed by atoms with van der Waals surface area (Å²) in [6.07, 6.45) is 0. The third-order valence-electron chi connectivity index (χ3n) is 3.14. The lowest BCUT2D eigenvalue weighted by molar-refractivity contribution is 0.0434. The Hall–Kier alpha value is -1.60. The molecule has 110 valence electrons. The van der Waals surface area contributed by atoms with Gasteiger partial charge in [0.15, 0.2) is 9.84 Å². The van der Waals surface area contributed by atoms with Gasteiger partial charge in [-0.15, -0.1) is 0 Å². The predicted molar refractivity (Wildman–Crippen MR) is 74.7 cm³/mol. The molecule has 0 unspecified atom stereocenters. The lowest BCUT2D eigenvalue weighted by Gasteiger charge is -2.28. The number of hydrogen-bond donors (Lipinski definition) is 1. The molecular weight excluding hydrogens is 282 g/mol. The number of carbonyl (C=O) groups is 1. The van der Waals surface area contributed by atoms with E-state index in [9.17, 15) is 13.2 Å². The van der Waals surface area contributed by atoms with Crippen molar-refractivity contribution < 1.29 is 23.1 Å². The molecule has 0 aliphatic carbocycles. The van der Waals surface area contributed by atoms with E-state index in [0.29, 0.717) is 18.7 Å². The molecule has 6 nitrogen and oxygen atoms in total. The van der Waals surface area contributed by atoms with Gasteiger partial charge in [-0.2, -0.15) is 0 Å². The molecule has 1 fully saturated rings. The Morgan fingerprint density at radius 3 is 2.35 bits per heavy atom. The number of nitrogens with zero attached hydrogens (tertiary/aromatic N) is 1. The third kappa shape index (κ3) is 3.71. The first-order chi connectivity index (χ1) is 9.52. The summed E-state index contributed by atoms with van der Waals surface area (Å²) >= 11 is 0. The van der Waals surface area contributed by atoms with Gasteiger partial charge in [0.1, 0.15) is 6.61 Å². The smallest absolute Gasteiger partial charge is 0.338 e. The molecule has 0 spiro atoms. The molecule has 1 aliphatic heterocycles. The SMILES string of the molecule is O=C(OCCO)c1ccc(N2CCS(=O)(=O)CC2)cc1. The number of rotatable bonds is 4. The minimum atomic E-state index is -2.90. The zero-order valence-corrected chi connectivity index (χ0v) is 11.8. The fourth-order valence-corrected chi connectivity index (χ4v) is 3.20. The fraction of sp³-hybridized carbons (Fsp3) is 0.462. The highest BCUT2D eigenvalue weighted by Gasteiger charge is 2.21. The van der Waals surface area contributed by atoms with Gasteiger partial charge in [0.2, 0.25) is 0 Å². The standard InChI is InChI=1S/C13H17NO5S/c15-7-8-19-13(16)11-1-3-12(4-2-11)14-5-9-20(17,18)10-6-14/h1-4,15H,5-10H2. The van der Waals surface area contributed by atoms with Crippen molar-refractivity contribution in [3.63, 3.8) is 0 Å². The van der Waals surface area contributed by atoms with Crippen LogP contribution in [-0.2, 0) is 14.6 Å². The Morgan fingerprint density at radius 2 is 1.80 bits per heavy atom. The molecule has 1 aromatic rings. The summed E-state index contributed by atoms with van der Waals surface area (Å²) in [6, 6.07) is 6.82. The average molecular weight is 299 g/mol. The fourth-order valence-electron chi connectivity index (χ4n) is 2.00. The van der Waals surface area contributed by atoms with E-state index in [0.717, 1.165) is 5.69 Å². The summed E-state index contributed by atoms with van der Waals surface area (Å²) in [5, 5.41) is 8.59. The maximum Gasteiger partial charge on any atom is 0.338 e. The Bertz CT molecular complexity index is 553. The lowest BCUT2D eigenvalue weighted by Crippen LogP contribution is -2.40.